The number of hydrogen-bond donors (Lipinski definition) is 2. The average Bonchev–Trinajstić information content (AvgIpc) is 2.39. The first-order valence-electron chi connectivity index (χ1n) is 5.75. The van der Waals surface area contributed by atoms with Crippen LogP contribution in [0.15, 0.2) is 39.7 Å². The molecule has 0 fully saturated rings. The number of nitrogens with two attached hydrogens (primary N) is 1. The van der Waals surface area contributed by atoms with E-state index in [0.717, 1.165) is 12.1 Å². The van der Waals surface area contributed by atoms with Crippen LogP contribution in [0.5, 0.6) is 0 Å². The van der Waals surface area contributed by atoms with E-state index in [-0.39, 0.29) is 21.8 Å². The Balaban J connectivity index is 2.48. The van der Waals surface area contributed by atoms with Crippen LogP contribution < -0.4 is 10.5 Å². The van der Waals surface area contributed by atoms with Crippen LogP contribution in [0.4, 0.5) is 15.8 Å². The second-order valence-corrected chi connectivity index (χ2v) is 7.20. The number of nitrogen functional groups attached to an aromatic ring is 1. The molecule has 21 heavy (non-hydrogen) atoms. The lowest BCUT2D eigenvalue weighted by Crippen LogP contribution is -2.15. The maximum absolute atomic E-state index is 13.3. The Bertz CT molecular complexity index is 812. The topological polar surface area (TPSA) is 72.2 Å². The number of benzene rings is 2. The van der Waals surface area contributed by atoms with Crippen molar-refractivity contribution in [2.24, 2.45) is 0 Å². The minimum Gasteiger partial charge on any atom is -0.396 e. The highest BCUT2D eigenvalue weighted by Gasteiger charge is 2.20. The van der Waals surface area contributed by atoms with E-state index in [0.29, 0.717) is 9.50 Å². The van der Waals surface area contributed by atoms with E-state index in [1.54, 1.807) is 18.2 Å². The summed E-state index contributed by atoms with van der Waals surface area (Å²) in [5.74, 6) is -0.657. The molecular weight excluding hydrogens is 383 g/mol. The maximum atomic E-state index is 13.3. The van der Waals surface area contributed by atoms with Crippen molar-refractivity contribution in [2.45, 2.75) is 11.8 Å². The number of aryl methyl sites for hydroxylation is 1. The highest BCUT2D eigenvalue weighted by molar-refractivity contribution is 9.10. The Kier molecular flexibility index (Phi) is 4.46. The molecule has 2 aromatic carbocycles. The first-order chi connectivity index (χ1) is 9.72. The van der Waals surface area contributed by atoms with Gasteiger partial charge in [0.2, 0.25) is 0 Å². The van der Waals surface area contributed by atoms with Crippen LogP contribution in [-0.2, 0) is 10.0 Å². The second kappa shape index (κ2) is 5.82. The number of anilines is 2. The standard InChI is InChI=1S/C13H11BrClFN2O2S/c1-7-5-9(16)10(17)6-12(7)21(19,20)18-11-4-2-3-8(15)13(11)14/h2-6,18H,17H2,1H3. The van der Waals surface area contributed by atoms with Gasteiger partial charge in [-0.15, -0.1) is 0 Å². The molecule has 0 aromatic heterocycles. The molecule has 0 radical (unpaired) electrons. The molecule has 0 aliphatic heterocycles. The van der Waals surface area contributed by atoms with Crippen LogP contribution in [0.2, 0.25) is 5.02 Å². The molecule has 0 atom stereocenters. The van der Waals surface area contributed by atoms with E-state index in [1.807, 2.05) is 0 Å². The molecule has 8 heteroatoms. The fourth-order valence-corrected chi connectivity index (χ4v) is 3.74. The molecule has 2 rings (SSSR count). The highest BCUT2D eigenvalue weighted by Crippen LogP contribution is 2.32. The zero-order chi connectivity index (χ0) is 15.8. The van der Waals surface area contributed by atoms with Crippen molar-refractivity contribution < 1.29 is 12.8 Å². The molecule has 0 heterocycles. The molecule has 0 spiro atoms. The van der Waals surface area contributed by atoms with E-state index in [1.165, 1.54) is 6.92 Å². The molecule has 0 saturated heterocycles. The normalized spacial score (nSPS) is 11.4. The summed E-state index contributed by atoms with van der Waals surface area (Å²) < 4.78 is 40.9. The van der Waals surface area contributed by atoms with E-state index in [2.05, 4.69) is 20.7 Å². The lowest BCUT2D eigenvalue weighted by atomic mass is 10.2. The average molecular weight is 394 g/mol. The predicted molar refractivity (Wildman–Crippen MR) is 85.5 cm³/mol. The van der Waals surface area contributed by atoms with Crippen molar-refractivity contribution in [3.63, 3.8) is 0 Å². The first kappa shape index (κ1) is 16.1. The fraction of sp³-hybridized carbons (Fsp3) is 0.0769. The number of halogens is 3. The number of hydrogen-bond acceptors (Lipinski definition) is 3. The van der Waals surface area contributed by atoms with E-state index >= 15 is 0 Å². The monoisotopic (exact) mass is 392 g/mol. The number of rotatable bonds is 3. The van der Waals surface area contributed by atoms with Crippen LogP contribution in [-0.4, -0.2) is 8.42 Å². The Hall–Kier alpha value is -1.31. The van der Waals surface area contributed by atoms with Crippen LogP contribution in [0.25, 0.3) is 0 Å². The van der Waals surface area contributed by atoms with E-state index < -0.39 is 15.8 Å². The Morgan fingerprint density at radius 3 is 2.67 bits per heavy atom. The molecule has 0 saturated carbocycles. The summed E-state index contributed by atoms with van der Waals surface area (Å²) in [7, 11) is -3.91. The van der Waals surface area contributed by atoms with Crippen molar-refractivity contribution >= 4 is 48.9 Å². The summed E-state index contributed by atoms with van der Waals surface area (Å²) in [4.78, 5) is -0.0896. The van der Waals surface area contributed by atoms with Crippen molar-refractivity contribution in [1.82, 2.24) is 0 Å². The van der Waals surface area contributed by atoms with Crippen molar-refractivity contribution in [2.75, 3.05) is 10.5 Å². The van der Waals surface area contributed by atoms with Crippen LogP contribution in [0.1, 0.15) is 5.56 Å². The molecule has 3 N–H and O–H groups in total. The molecule has 0 bridgehead atoms. The number of sulfonamides is 1. The van der Waals surface area contributed by atoms with E-state index in [4.69, 9.17) is 17.3 Å². The van der Waals surface area contributed by atoms with Gasteiger partial charge >= 0.3 is 0 Å². The van der Waals surface area contributed by atoms with Crippen molar-refractivity contribution in [3.05, 3.63) is 51.2 Å². The summed E-state index contributed by atoms with van der Waals surface area (Å²) in [6, 6.07) is 6.94. The molecule has 0 aliphatic rings. The Labute approximate surface area is 135 Å². The first-order valence-corrected chi connectivity index (χ1v) is 8.40. The van der Waals surface area contributed by atoms with Crippen molar-refractivity contribution in [1.29, 1.82) is 0 Å². The van der Waals surface area contributed by atoms with Crippen LogP contribution >= 0.6 is 27.5 Å². The van der Waals surface area contributed by atoms with Crippen LogP contribution in [0, 0.1) is 12.7 Å². The zero-order valence-electron chi connectivity index (χ0n) is 10.8. The van der Waals surface area contributed by atoms with Gasteiger partial charge in [0.25, 0.3) is 10.0 Å². The predicted octanol–water partition coefficient (Wildman–Crippen LogP) is 3.93. The SMILES string of the molecule is Cc1cc(F)c(N)cc1S(=O)(=O)Nc1cccc(Cl)c1Br. The molecule has 2 aromatic rings. The van der Waals surface area contributed by atoms with Gasteiger partial charge in [0.1, 0.15) is 5.82 Å². The Morgan fingerprint density at radius 1 is 1.33 bits per heavy atom. The molecule has 0 aliphatic carbocycles. The summed E-state index contributed by atoms with van der Waals surface area (Å²) in [6.07, 6.45) is 0. The quantitative estimate of drug-likeness (QED) is 0.776. The molecular formula is C13H11BrClFN2O2S. The van der Waals surface area contributed by atoms with Gasteiger partial charge in [0, 0.05) is 0 Å². The number of nitrogens with one attached hydrogen (secondary N) is 1. The summed E-state index contributed by atoms with van der Waals surface area (Å²) in [5.41, 5.74) is 5.74. The summed E-state index contributed by atoms with van der Waals surface area (Å²) >= 11 is 9.12. The van der Waals surface area contributed by atoms with Crippen LogP contribution in [0.3, 0.4) is 0 Å². The third-order valence-corrected chi connectivity index (χ3v) is 5.68. The van der Waals surface area contributed by atoms with Gasteiger partial charge < -0.3 is 5.73 Å². The zero-order valence-corrected chi connectivity index (χ0v) is 14.0. The lowest BCUT2D eigenvalue weighted by Gasteiger charge is -2.13. The molecule has 4 nitrogen and oxygen atoms in total. The van der Waals surface area contributed by atoms with Gasteiger partial charge in [-0.05, 0) is 52.7 Å². The van der Waals surface area contributed by atoms with Gasteiger partial charge in [0.05, 0.1) is 25.8 Å². The van der Waals surface area contributed by atoms with Gasteiger partial charge in [-0.2, -0.15) is 0 Å². The fourth-order valence-electron chi connectivity index (χ4n) is 1.74. The summed E-state index contributed by atoms with van der Waals surface area (Å²) in [6.45, 7) is 1.49. The minimum atomic E-state index is -3.91. The van der Waals surface area contributed by atoms with Gasteiger partial charge in [0.15, 0.2) is 0 Å². The molecule has 0 amide bonds. The molecule has 0 unspecified atom stereocenters. The van der Waals surface area contributed by atoms with Gasteiger partial charge in [-0.3, -0.25) is 4.72 Å². The summed E-state index contributed by atoms with van der Waals surface area (Å²) in [5, 5.41) is 0.366. The Morgan fingerprint density at radius 2 is 2.00 bits per heavy atom. The smallest absolute Gasteiger partial charge is 0.262 e. The lowest BCUT2D eigenvalue weighted by molar-refractivity contribution is 0.599. The maximum Gasteiger partial charge on any atom is 0.262 e. The van der Waals surface area contributed by atoms with Crippen molar-refractivity contribution in [3.8, 4) is 0 Å². The molecule has 112 valence electrons. The highest BCUT2D eigenvalue weighted by atomic mass is 79.9. The van der Waals surface area contributed by atoms with E-state index in [9.17, 15) is 12.8 Å². The largest absolute Gasteiger partial charge is 0.396 e. The second-order valence-electron chi connectivity index (χ2n) is 4.35. The third kappa shape index (κ3) is 3.30. The van der Waals surface area contributed by atoms with Gasteiger partial charge in [-0.1, -0.05) is 17.7 Å². The third-order valence-electron chi connectivity index (χ3n) is 2.78. The minimum absolute atomic E-state index is 0.0896. The van der Waals surface area contributed by atoms with Gasteiger partial charge in [-0.25, -0.2) is 12.8 Å².